The monoisotopic (exact) mass is 367 g/mol. The van der Waals surface area contributed by atoms with Crippen LogP contribution < -0.4 is 4.72 Å². The van der Waals surface area contributed by atoms with Crippen LogP contribution in [0.1, 0.15) is 21.5 Å². The van der Waals surface area contributed by atoms with E-state index in [1.54, 1.807) is 36.4 Å². The van der Waals surface area contributed by atoms with Crippen LogP contribution in [-0.4, -0.2) is 14.3 Å². The highest BCUT2D eigenvalue weighted by atomic mass is 79.9. The molecule has 110 valence electrons. The lowest BCUT2D eigenvalue weighted by Gasteiger charge is -2.09. The molecule has 0 spiro atoms. The van der Waals surface area contributed by atoms with Crippen LogP contribution in [0, 0.1) is 13.8 Å². The molecule has 21 heavy (non-hydrogen) atoms. The number of aryl methyl sites for hydroxylation is 2. The van der Waals surface area contributed by atoms with Gasteiger partial charge in [-0.05, 0) is 61.4 Å². The molecule has 2 aromatic carbocycles. The molecule has 0 aliphatic heterocycles. The van der Waals surface area contributed by atoms with Crippen molar-refractivity contribution in [2.24, 2.45) is 0 Å². The van der Waals surface area contributed by atoms with E-state index < -0.39 is 15.9 Å². The lowest BCUT2D eigenvalue weighted by molar-refractivity contribution is 0.0981. The zero-order valence-corrected chi connectivity index (χ0v) is 14.0. The van der Waals surface area contributed by atoms with Crippen molar-refractivity contribution < 1.29 is 13.2 Å². The van der Waals surface area contributed by atoms with Gasteiger partial charge >= 0.3 is 0 Å². The Morgan fingerprint density at radius 2 is 1.62 bits per heavy atom. The van der Waals surface area contributed by atoms with E-state index in [-0.39, 0.29) is 10.5 Å². The standard InChI is InChI=1S/C15H14BrNO3S/c1-10-3-8-14(9-11(10)2)21(19,20)17-15(18)12-4-6-13(16)7-5-12/h3-9H,1-2H3,(H,17,18). The molecule has 0 aliphatic rings. The van der Waals surface area contributed by atoms with Crippen LogP contribution in [0.15, 0.2) is 51.8 Å². The number of nitrogens with one attached hydrogen (secondary N) is 1. The SMILES string of the molecule is Cc1ccc(S(=O)(=O)NC(=O)c2ccc(Br)cc2)cc1C. The number of sulfonamides is 1. The third-order valence-electron chi connectivity index (χ3n) is 3.12. The fraction of sp³-hybridized carbons (Fsp3) is 0.133. The van der Waals surface area contributed by atoms with Crippen LogP contribution >= 0.6 is 15.9 Å². The van der Waals surface area contributed by atoms with Crippen molar-refractivity contribution in [1.29, 1.82) is 0 Å². The van der Waals surface area contributed by atoms with Gasteiger partial charge in [-0.2, -0.15) is 0 Å². The van der Waals surface area contributed by atoms with Gasteiger partial charge < -0.3 is 0 Å². The van der Waals surface area contributed by atoms with Crippen molar-refractivity contribution >= 4 is 31.9 Å². The molecule has 0 aromatic heterocycles. The summed E-state index contributed by atoms with van der Waals surface area (Å²) in [5, 5.41) is 0. The van der Waals surface area contributed by atoms with E-state index >= 15 is 0 Å². The van der Waals surface area contributed by atoms with E-state index in [9.17, 15) is 13.2 Å². The first-order valence-electron chi connectivity index (χ1n) is 6.19. The molecule has 2 rings (SSSR count). The second kappa shape index (κ2) is 5.99. The molecule has 0 aliphatic carbocycles. The van der Waals surface area contributed by atoms with Gasteiger partial charge in [0.05, 0.1) is 4.90 Å². The predicted octanol–water partition coefficient (Wildman–Crippen LogP) is 3.18. The largest absolute Gasteiger partial charge is 0.268 e. The summed E-state index contributed by atoms with van der Waals surface area (Å²) in [4.78, 5) is 12.1. The van der Waals surface area contributed by atoms with Crippen molar-refractivity contribution in [3.8, 4) is 0 Å². The maximum atomic E-state index is 12.2. The summed E-state index contributed by atoms with van der Waals surface area (Å²) in [6, 6.07) is 11.2. The van der Waals surface area contributed by atoms with Crippen LogP contribution in [0.2, 0.25) is 0 Å². The molecule has 6 heteroatoms. The lowest BCUT2D eigenvalue weighted by atomic mass is 10.1. The average Bonchev–Trinajstić information content (AvgIpc) is 2.42. The summed E-state index contributed by atoms with van der Waals surface area (Å²) in [6.07, 6.45) is 0. The van der Waals surface area contributed by atoms with Crippen molar-refractivity contribution in [2.75, 3.05) is 0 Å². The van der Waals surface area contributed by atoms with E-state index in [0.717, 1.165) is 15.6 Å². The fourth-order valence-corrected chi connectivity index (χ4v) is 3.05. The van der Waals surface area contributed by atoms with Gasteiger partial charge in [-0.1, -0.05) is 22.0 Å². The molecule has 0 saturated heterocycles. The van der Waals surface area contributed by atoms with Crippen LogP contribution in [0.5, 0.6) is 0 Å². The summed E-state index contributed by atoms with van der Waals surface area (Å²) >= 11 is 3.26. The molecular formula is C15H14BrNO3S. The van der Waals surface area contributed by atoms with Crippen molar-refractivity contribution in [3.63, 3.8) is 0 Å². The Balaban J connectivity index is 2.26. The predicted molar refractivity (Wildman–Crippen MR) is 84.7 cm³/mol. The number of hydrogen-bond acceptors (Lipinski definition) is 3. The number of hydrogen-bond donors (Lipinski definition) is 1. The summed E-state index contributed by atoms with van der Waals surface area (Å²) < 4.78 is 27.3. The molecule has 0 radical (unpaired) electrons. The lowest BCUT2D eigenvalue weighted by Crippen LogP contribution is -2.30. The minimum Gasteiger partial charge on any atom is -0.268 e. The normalized spacial score (nSPS) is 11.2. The van der Waals surface area contributed by atoms with Crippen LogP contribution in [0.3, 0.4) is 0 Å². The minimum absolute atomic E-state index is 0.0797. The highest BCUT2D eigenvalue weighted by Crippen LogP contribution is 2.16. The number of rotatable bonds is 3. The Morgan fingerprint density at radius 1 is 1.00 bits per heavy atom. The summed E-state index contributed by atoms with van der Waals surface area (Å²) in [6.45, 7) is 3.72. The molecule has 0 unspecified atom stereocenters. The van der Waals surface area contributed by atoms with Gasteiger partial charge in [-0.3, -0.25) is 4.79 Å². The summed E-state index contributed by atoms with van der Waals surface area (Å²) in [5.74, 6) is -0.652. The van der Waals surface area contributed by atoms with Crippen LogP contribution in [0.4, 0.5) is 0 Å². The molecule has 0 heterocycles. The third-order valence-corrected chi connectivity index (χ3v) is 4.98. The maximum Gasteiger partial charge on any atom is 0.264 e. The zero-order chi connectivity index (χ0) is 15.6. The second-order valence-corrected chi connectivity index (χ2v) is 7.29. The molecule has 1 amide bonds. The molecular weight excluding hydrogens is 354 g/mol. The van der Waals surface area contributed by atoms with E-state index in [1.165, 1.54) is 6.07 Å². The zero-order valence-electron chi connectivity index (χ0n) is 11.6. The van der Waals surface area contributed by atoms with E-state index in [1.807, 2.05) is 13.8 Å². The maximum absolute atomic E-state index is 12.2. The van der Waals surface area contributed by atoms with Gasteiger partial charge in [0.15, 0.2) is 0 Å². The highest BCUT2D eigenvalue weighted by molar-refractivity contribution is 9.10. The Kier molecular flexibility index (Phi) is 4.49. The molecule has 1 N–H and O–H groups in total. The molecule has 2 aromatic rings. The molecule has 0 atom stereocenters. The smallest absolute Gasteiger partial charge is 0.264 e. The number of amides is 1. The van der Waals surface area contributed by atoms with Gasteiger partial charge in [0, 0.05) is 10.0 Å². The van der Waals surface area contributed by atoms with E-state index in [2.05, 4.69) is 20.7 Å². The van der Waals surface area contributed by atoms with E-state index in [0.29, 0.717) is 0 Å². The first-order chi connectivity index (χ1) is 9.79. The second-order valence-electron chi connectivity index (χ2n) is 4.69. The van der Waals surface area contributed by atoms with Crippen LogP contribution in [0.25, 0.3) is 0 Å². The number of carbonyl (C=O) groups excluding carboxylic acids is 1. The number of halogens is 1. The minimum atomic E-state index is -3.87. The molecule has 4 nitrogen and oxygen atoms in total. The Bertz CT molecular complexity index is 783. The number of carbonyl (C=O) groups is 1. The van der Waals surface area contributed by atoms with Gasteiger partial charge in [-0.15, -0.1) is 0 Å². The topological polar surface area (TPSA) is 63.2 Å². The highest BCUT2D eigenvalue weighted by Gasteiger charge is 2.19. The Morgan fingerprint density at radius 3 is 2.19 bits per heavy atom. The van der Waals surface area contributed by atoms with Gasteiger partial charge in [0.25, 0.3) is 15.9 Å². The Labute approximate surface area is 132 Å². The fourth-order valence-electron chi connectivity index (χ4n) is 1.72. The first kappa shape index (κ1) is 15.7. The third kappa shape index (κ3) is 3.71. The average molecular weight is 368 g/mol. The molecule has 0 saturated carbocycles. The van der Waals surface area contributed by atoms with Crippen molar-refractivity contribution in [1.82, 2.24) is 4.72 Å². The van der Waals surface area contributed by atoms with Gasteiger partial charge in [0.1, 0.15) is 0 Å². The molecule has 0 fully saturated rings. The van der Waals surface area contributed by atoms with Crippen molar-refractivity contribution in [2.45, 2.75) is 18.7 Å². The quantitative estimate of drug-likeness (QED) is 0.905. The van der Waals surface area contributed by atoms with Crippen LogP contribution in [-0.2, 0) is 10.0 Å². The summed E-state index contributed by atoms with van der Waals surface area (Å²) in [5.41, 5.74) is 2.13. The van der Waals surface area contributed by atoms with E-state index in [4.69, 9.17) is 0 Å². The Hall–Kier alpha value is -1.66. The van der Waals surface area contributed by atoms with Crippen molar-refractivity contribution in [3.05, 3.63) is 63.6 Å². The molecule has 0 bridgehead atoms. The summed E-state index contributed by atoms with van der Waals surface area (Å²) in [7, 11) is -3.87. The van der Waals surface area contributed by atoms with Gasteiger partial charge in [0.2, 0.25) is 0 Å². The van der Waals surface area contributed by atoms with Gasteiger partial charge in [-0.25, -0.2) is 13.1 Å². The number of benzene rings is 2. The first-order valence-corrected chi connectivity index (χ1v) is 8.47.